The average Bonchev–Trinajstić information content (AvgIpc) is 2.64. The highest BCUT2D eigenvalue weighted by Gasteiger charge is 2.24. The molecule has 1 aromatic carbocycles. The predicted octanol–water partition coefficient (Wildman–Crippen LogP) is 0.339. The van der Waals surface area contributed by atoms with Crippen molar-refractivity contribution in [2.45, 2.75) is 13.3 Å². The normalized spacial score (nSPS) is 14.6. The van der Waals surface area contributed by atoms with Crippen LogP contribution in [-0.4, -0.2) is 64.7 Å². The highest BCUT2D eigenvalue weighted by atomic mass is 16.2. The van der Waals surface area contributed by atoms with E-state index in [9.17, 15) is 14.4 Å². The standard InChI is InChI=1S/C17H21N5O3/c1-2-18-17(25)22-9-7-21(8-10-22)15(23)11-14-12-5-3-4-6-13(12)16(24)20-19-14/h3-6H,2,7-11H2,1H3,(H,18,25)(H,20,24). The first kappa shape index (κ1) is 16.9. The van der Waals surface area contributed by atoms with E-state index in [2.05, 4.69) is 15.5 Å². The molecule has 1 aliphatic rings. The van der Waals surface area contributed by atoms with Crippen molar-refractivity contribution in [2.24, 2.45) is 0 Å². The summed E-state index contributed by atoms with van der Waals surface area (Å²) >= 11 is 0. The van der Waals surface area contributed by atoms with Crippen LogP contribution >= 0.6 is 0 Å². The lowest BCUT2D eigenvalue weighted by Gasteiger charge is -2.34. The molecule has 0 saturated carbocycles. The van der Waals surface area contributed by atoms with Crippen molar-refractivity contribution >= 4 is 22.7 Å². The molecule has 0 bridgehead atoms. The van der Waals surface area contributed by atoms with Gasteiger partial charge >= 0.3 is 6.03 Å². The van der Waals surface area contributed by atoms with E-state index >= 15 is 0 Å². The van der Waals surface area contributed by atoms with Gasteiger partial charge in [-0.1, -0.05) is 18.2 Å². The zero-order valence-corrected chi connectivity index (χ0v) is 14.1. The number of fused-ring (bicyclic) bond motifs is 1. The molecule has 0 unspecified atom stereocenters. The fourth-order valence-electron chi connectivity index (χ4n) is 2.98. The Kier molecular flexibility index (Phi) is 4.97. The molecule has 132 valence electrons. The Bertz CT molecular complexity index is 840. The predicted molar refractivity (Wildman–Crippen MR) is 93.3 cm³/mol. The molecule has 0 radical (unpaired) electrons. The maximum Gasteiger partial charge on any atom is 0.317 e. The molecule has 1 fully saturated rings. The molecule has 2 N–H and O–H groups in total. The number of benzene rings is 1. The number of rotatable bonds is 3. The van der Waals surface area contributed by atoms with Crippen molar-refractivity contribution in [2.75, 3.05) is 32.7 Å². The van der Waals surface area contributed by atoms with Crippen molar-refractivity contribution in [3.8, 4) is 0 Å². The highest BCUT2D eigenvalue weighted by Crippen LogP contribution is 2.14. The highest BCUT2D eigenvalue weighted by molar-refractivity contribution is 5.88. The number of amides is 3. The van der Waals surface area contributed by atoms with Gasteiger partial charge < -0.3 is 15.1 Å². The third kappa shape index (κ3) is 3.62. The van der Waals surface area contributed by atoms with E-state index in [1.807, 2.05) is 13.0 Å². The molecule has 1 saturated heterocycles. The summed E-state index contributed by atoms with van der Waals surface area (Å²) in [5.74, 6) is -0.0553. The number of nitrogens with one attached hydrogen (secondary N) is 2. The third-order valence-corrected chi connectivity index (χ3v) is 4.34. The quantitative estimate of drug-likeness (QED) is 0.839. The molecular weight excluding hydrogens is 322 g/mol. The summed E-state index contributed by atoms with van der Waals surface area (Å²) in [6.45, 7) is 4.48. The first-order chi connectivity index (χ1) is 12.1. The summed E-state index contributed by atoms with van der Waals surface area (Å²) in [7, 11) is 0. The van der Waals surface area contributed by atoms with Crippen molar-refractivity contribution in [3.05, 3.63) is 40.3 Å². The van der Waals surface area contributed by atoms with Gasteiger partial charge in [0.1, 0.15) is 0 Å². The van der Waals surface area contributed by atoms with Gasteiger partial charge in [-0.3, -0.25) is 9.59 Å². The first-order valence-corrected chi connectivity index (χ1v) is 8.37. The molecule has 8 nitrogen and oxygen atoms in total. The number of carbonyl (C=O) groups is 2. The molecule has 1 aliphatic heterocycles. The molecule has 2 aromatic rings. The molecular formula is C17H21N5O3. The van der Waals surface area contributed by atoms with E-state index in [0.717, 1.165) is 0 Å². The largest absolute Gasteiger partial charge is 0.339 e. The Morgan fingerprint density at radius 1 is 1.12 bits per heavy atom. The van der Waals surface area contributed by atoms with Crippen molar-refractivity contribution in [3.63, 3.8) is 0 Å². The van der Waals surface area contributed by atoms with Crippen LogP contribution in [0.4, 0.5) is 4.79 Å². The lowest BCUT2D eigenvalue weighted by atomic mass is 10.1. The van der Waals surface area contributed by atoms with Crippen LogP contribution < -0.4 is 10.9 Å². The van der Waals surface area contributed by atoms with Crippen LogP contribution in [0.5, 0.6) is 0 Å². The smallest absolute Gasteiger partial charge is 0.317 e. The number of hydrogen-bond acceptors (Lipinski definition) is 4. The lowest BCUT2D eigenvalue weighted by molar-refractivity contribution is -0.131. The summed E-state index contributed by atoms with van der Waals surface area (Å²) in [6, 6.07) is 7.02. The van der Waals surface area contributed by atoms with Crippen LogP contribution in [0.2, 0.25) is 0 Å². The molecule has 0 aliphatic carbocycles. The summed E-state index contributed by atoms with van der Waals surface area (Å²) < 4.78 is 0. The Morgan fingerprint density at radius 3 is 2.44 bits per heavy atom. The molecule has 3 rings (SSSR count). The summed E-state index contributed by atoms with van der Waals surface area (Å²) in [5.41, 5.74) is 0.300. The SMILES string of the molecule is CCNC(=O)N1CCN(C(=O)Cc2n[nH]c(=O)c3ccccc23)CC1. The summed E-state index contributed by atoms with van der Waals surface area (Å²) in [6.07, 6.45) is 0.123. The number of hydrogen-bond donors (Lipinski definition) is 2. The van der Waals surface area contributed by atoms with E-state index < -0.39 is 0 Å². The Hall–Kier alpha value is -2.90. The van der Waals surface area contributed by atoms with Crippen molar-refractivity contribution < 1.29 is 9.59 Å². The van der Waals surface area contributed by atoms with Gasteiger partial charge in [-0.15, -0.1) is 0 Å². The van der Waals surface area contributed by atoms with Crippen LogP contribution in [0.1, 0.15) is 12.6 Å². The fourth-order valence-corrected chi connectivity index (χ4v) is 2.98. The minimum atomic E-state index is -0.262. The van der Waals surface area contributed by atoms with E-state index in [1.54, 1.807) is 28.0 Å². The molecule has 25 heavy (non-hydrogen) atoms. The first-order valence-electron chi connectivity index (χ1n) is 8.37. The zero-order valence-electron chi connectivity index (χ0n) is 14.1. The second-order valence-electron chi connectivity index (χ2n) is 5.93. The number of H-pyrrole nitrogens is 1. The molecule has 8 heteroatoms. The molecule has 0 spiro atoms. The van der Waals surface area contributed by atoms with Gasteiger partial charge in [-0.2, -0.15) is 5.10 Å². The monoisotopic (exact) mass is 343 g/mol. The summed E-state index contributed by atoms with van der Waals surface area (Å²) in [4.78, 5) is 39.6. The van der Waals surface area contributed by atoms with Gasteiger partial charge in [0.2, 0.25) is 5.91 Å². The minimum Gasteiger partial charge on any atom is -0.339 e. The molecule has 2 heterocycles. The van der Waals surface area contributed by atoms with Gasteiger partial charge in [0.15, 0.2) is 0 Å². The molecule has 1 aromatic heterocycles. The van der Waals surface area contributed by atoms with Gasteiger partial charge in [0, 0.05) is 38.1 Å². The van der Waals surface area contributed by atoms with Crippen molar-refractivity contribution in [1.29, 1.82) is 0 Å². The number of carbonyl (C=O) groups excluding carboxylic acids is 2. The Balaban J connectivity index is 1.67. The van der Waals surface area contributed by atoms with E-state index in [4.69, 9.17) is 0 Å². The Morgan fingerprint density at radius 2 is 1.76 bits per heavy atom. The van der Waals surface area contributed by atoms with Crippen LogP contribution in [0.15, 0.2) is 29.1 Å². The fraction of sp³-hybridized carbons (Fsp3) is 0.412. The van der Waals surface area contributed by atoms with Crippen LogP contribution in [0, 0.1) is 0 Å². The second-order valence-corrected chi connectivity index (χ2v) is 5.93. The van der Waals surface area contributed by atoms with Crippen LogP contribution in [-0.2, 0) is 11.2 Å². The maximum absolute atomic E-state index is 12.6. The molecule has 0 atom stereocenters. The zero-order chi connectivity index (χ0) is 17.8. The number of aromatic amines is 1. The Labute approximate surface area is 144 Å². The average molecular weight is 343 g/mol. The van der Waals surface area contributed by atoms with Crippen molar-refractivity contribution in [1.82, 2.24) is 25.3 Å². The van der Waals surface area contributed by atoms with Gasteiger partial charge in [-0.05, 0) is 13.0 Å². The van der Waals surface area contributed by atoms with Crippen LogP contribution in [0.3, 0.4) is 0 Å². The van der Waals surface area contributed by atoms with Crippen LogP contribution in [0.25, 0.3) is 10.8 Å². The number of urea groups is 1. The number of piperazine rings is 1. The molecule has 3 amide bonds. The number of nitrogens with zero attached hydrogens (tertiary/aromatic N) is 3. The van der Waals surface area contributed by atoms with E-state index in [-0.39, 0.29) is 23.9 Å². The van der Waals surface area contributed by atoms with Gasteiger partial charge in [-0.25, -0.2) is 9.89 Å². The second kappa shape index (κ2) is 7.33. The van der Waals surface area contributed by atoms with Gasteiger partial charge in [0.25, 0.3) is 5.56 Å². The lowest BCUT2D eigenvalue weighted by Crippen LogP contribution is -2.53. The summed E-state index contributed by atoms with van der Waals surface area (Å²) in [5, 5.41) is 10.5. The maximum atomic E-state index is 12.6. The van der Waals surface area contributed by atoms with Gasteiger partial charge in [0.05, 0.1) is 17.5 Å². The van der Waals surface area contributed by atoms with E-state index in [0.29, 0.717) is 49.2 Å². The van der Waals surface area contributed by atoms with E-state index in [1.165, 1.54) is 0 Å². The number of aromatic nitrogens is 2. The third-order valence-electron chi connectivity index (χ3n) is 4.34. The topological polar surface area (TPSA) is 98.4 Å². The minimum absolute atomic E-state index is 0.0553.